The van der Waals surface area contributed by atoms with Crippen LogP contribution in [-0.2, 0) is 6.61 Å². The molecular formula is C25H21ClO3. The van der Waals surface area contributed by atoms with Crippen LogP contribution in [0, 0.1) is 20.8 Å². The van der Waals surface area contributed by atoms with Crippen molar-refractivity contribution in [1.82, 2.24) is 0 Å². The molecule has 0 aliphatic rings. The van der Waals surface area contributed by atoms with Gasteiger partial charge in [0.2, 0.25) is 11.2 Å². The minimum Gasteiger partial charge on any atom is -0.481 e. The van der Waals surface area contributed by atoms with Gasteiger partial charge in [-0.05, 0) is 67.3 Å². The maximum absolute atomic E-state index is 13.4. The molecule has 0 fully saturated rings. The SMILES string of the molecule is Cc1cc2oc(-c3ccccc3Cl)c(OCc3ccccc3C)c(=O)c2cc1C. The van der Waals surface area contributed by atoms with Crippen molar-refractivity contribution in [2.24, 2.45) is 0 Å². The van der Waals surface area contributed by atoms with Crippen LogP contribution >= 0.6 is 11.6 Å². The predicted octanol–water partition coefficient (Wildman–Crippen LogP) is 6.62. The molecule has 3 aromatic carbocycles. The first kappa shape index (κ1) is 19.3. The Labute approximate surface area is 174 Å². The molecule has 4 rings (SSSR count). The van der Waals surface area contributed by atoms with Crippen LogP contribution in [-0.4, -0.2) is 0 Å². The van der Waals surface area contributed by atoms with Crippen LogP contribution in [0.4, 0.5) is 0 Å². The summed E-state index contributed by atoms with van der Waals surface area (Å²) in [4.78, 5) is 13.4. The van der Waals surface area contributed by atoms with Gasteiger partial charge in [-0.2, -0.15) is 0 Å². The van der Waals surface area contributed by atoms with Crippen LogP contribution in [0.25, 0.3) is 22.3 Å². The fraction of sp³-hybridized carbons (Fsp3) is 0.160. The van der Waals surface area contributed by atoms with E-state index in [0.29, 0.717) is 27.3 Å². The maximum Gasteiger partial charge on any atom is 0.235 e. The van der Waals surface area contributed by atoms with Crippen molar-refractivity contribution in [2.75, 3.05) is 0 Å². The summed E-state index contributed by atoms with van der Waals surface area (Å²) in [7, 11) is 0. The molecule has 0 aliphatic heterocycles. The highest BCUT2D eigenvalue weighted by atomic mass is 35.5. The molecule has 0 spiro atoms. The summed E-state index contributed by atoms with van der Waals surface area (Å²) in [5, 5.41) is 1.00. The molecule has 146 valence electrons. The van der Waals surface area contributed by atoms with Gasteiger partial charge in [0.15, 0.2) is 5.76 Å². The van der Waals surface area contributed by atoms with Crippen LogP contribution in [0.3, 0.4) is 0 Å². The molecule has 0 saturated carbocycles. The average Bonchev–Trinajstić information content (AvgIpc) is 2.70. The van der Waals surface area contributed by atoms with Crippen molar-refractivity contribution < 1.29 is 9.15 Å². The van der Waals surface area contributed by atoms with Gasteiger partial charge in [0, 0.05) is 5.56 Å². The lowest BCUT2D eigenvalue weighted by atomic mass is 10.0. The predicted molar refractivity (Wildman–Crippen MR) is 118 cm³/mol. The van der Waals surface area contributed by atoms with Crippen molar-refractivity contribution in [3.8, 4) is 17.1 Å². The highest BCUT2D eigenvalue weighted by Crippen LogP contribution is 2.36. The van der Waals surface area contributed by atoms with E-state index < -0.39 is 0 Å². The minimum atomic E-state index is -0.196. The zero-order chi connectivity index (χ0) is 20.5. The maximum atomic E-state index is 13.4. The molecular weight excluding hydrogens is 384 g/mol. The van der Waals surface area contributed by atoms with E-state index in [1.807, 2.05) is 75.4 Å². The quantitative estimate of drug-likeness (QED) is 0.383. The fourth-order valence-electron chi connectivity index (χ4n) is 3.31. The molecule has 1 heterocycles. The van der Waals surface area contributed by atoms with E-state index in [1.165, 1.54) is 0 Å². The minimum absolute atomic E-state index is 0.178. The average molecular weight is 405 g/mol. The monoisotopic (exact) mass is 404 g/mol. The highest BCUT2D eigenvalue weighted by Gasteiger charge is 2.20. The van der Waals surface area contributed by atoms with Gasteiger partial charge in [0.1, 0.15) is 12.2 Å². The topological polar surface area (TPSA) is 39.4 Å². The summed E-state index contributed by atoms with van der Waals surface area (Å²) >= 11 is 6.42. The molecule has 0 amide bonds. The second-order valence-electron chi connectivity index (χ2n) is 7.22. The van der Waals surface area contributed by atoms with E-state index >= 15 is 0 Å². The van der Waals surface area contributed by atoms with Crippen molar-refractivity contribution in [3.05, 3.63) is 98.2 Å². The van der Waals surface area contributed by atoms with Crippen molar-refractivity contribution in [2.45, 2.75) is 27.4 Å². The molecule has 1 aromatic heterocycles. The lowest BCUT2D eigenvalue weighted by Gasteiger charge is -2.14. The first-order chi connectivity index (χ1) is 14.0. The van der Waals surface area contributed by atoms with E-state index in [1.54, 1.807) is 6.07 Å². The molecule has 4 heteroatoms. The third-order valence-corrected chi connectivity index (χ3v) is 5.55. The van der Waals surface area contributed by atoms with E-state index in [2.05, 4.69) is 0 Å². The molecule has 4 aromatic rings. The molecule has 0 N–H and O–H groups in total. The number of hydrogen-bond acceptors (Lipinski definition) is 3. The Morgan fingerprint density at radius 1 is 0.897 bits per heavy atom. The van der Waals surface area contributed by atoms with Crippen molar-refractivity contribution in [3.63, 3.8) is 0 Å². The molecule has 29 heavy (non-hydrogen) atoms. The molecule has 3 nitrogen and oxygen atoms in total. The van der Waals surface area contributed by atoms with Gasteiger partial charge < -0.3 is 9.15 Å². The zero-order valence-corrected chi connectivity index (χ0v) is 17.3. The number of rotatable bonds is 4. The van der Waals surface area contributed by atoms with E-state index in [4.69, 9.17) is 20.8 Å². The molecule has 0 unspecified atom stereocenters. The van der Waals surface area contributed by atoms with Crippen LogP contribution < -0.4 is 10.2 Å². The smallest absolute Gasteiger partial charge is 0.235 e. The Bertz CT molecular complexity index is 1270. The summed E-state index contributed by atoms with van der Waals surface area (Å²) in [6.45, 7) is 6.25. The summed E-state index contributed by atoms with van der Waals surface area (Å²) in [5.74, 6) is 0.530. The van der Waals surface area contributed by atoms with Gasteiger partial charge in [-0.25, -0.2) is 0 Å². The summed E-state index contributed by atoms with van der Waals surface area (Å²) in [6, 6.07) is 19.0. The number of hydrogen-bond donors (Lipinski definition) is 0. The number of aryl methyl sites for hydroxylation is 3. The van der Waals surface area contributed by atoms with Crippen molar-refractivity contribution >= 4 is 22.6 Å². The fourth-order valence-corrected chi connectivity index (χ4v) is 3.53. The van der Waals surface area contributed by atoms with Crippen LogP contribution in [0.15, 0.2) is 69.9 Å². The summed E-state index contributed by atoms with van der Waals surface area (Å²) in [6.07, 6.45) is 0. The van der Waals surface area contributed by atoms with E-state index in [-0.39, 0.29) is 17.8 Å². The number of benzene rings is 3. The van der Waals surface area contributed by atoms with Gasteiger partial charge in [-0.15, -0.1) is 0 Å². The standard InChI is InChI=1S/C25H21ClO3/c1-15-8-4-5-9-18(15)14-28-25-23(27)20-12-16(2)17(3)13-22(20)29-24(25)19-10-6-7-11-21(19)26/h4-13H,14H2,1-3H3. The number of ether oxygens (including phenoxy) is 1. The Morgan fingerprint density at radius 3 is 2.34 bits per heavy atom. The van der Waals surface area contributed by atoms with Crippen molar-refractivity contribution in [1.29, 1.82) is 0 Å². The Hall–Kier alpha value is -3.04. The molecule has 0 radical (unpaired) electrons. The number of halogens is 1. The van der Waals surface area contributed by atoms with Crippen LogP contribution in [0.2, 0.25) is 5.02 Å². The normalized spacial score (nSPS) is 11.0. The third-order valence-electron chi connectivity index (χ3n) is 5.22. The van der Waals surface area contributed by atoms with Gasteiger partial charge in [-0.3, -0.25) is 4.79 Å². The molecule has 0 bridgehead atoms. The second-order valence-corrected chi connectivity index (χ2v) is 7.62. The zero-order valence-electron chi connectivity index (χ0n) is 16.6. The summed E-state index contributed by atoms with van der Waals surface area (Å²) in [5.41, 5.74) is 5.15. The van der Waals surface area contributed by atoms with Gasteiger partial charge in [0.05, 0.1) is 10.4 Å². The largest absolute Gasteiger partial charge is 0.481 e. The second kappa shape index (κ2) is 7.76. The summed E-state index contributed by atoms with van der Waals surface area (Å²) < 4.78 is 12.2. The van der Waals surface area contributed by atoms with Gasteiger partial charge in [0.25, 0.3) is 0 Å². The lowest BCUT2D eigenvalue weighted by Crippen LogP contribution is -2.11. The lowest BCUT2D eigenvalue weighted by molar-refractivity contribution is 0.297. The van der Waals surface area contributed by atoms with Crippen LogP contribution in [0.1, 0.15) is 22.3 Å². The van der Waals surface area contributed by atoms with Gasteiger partial charge >= 0.3 is 0 Å². The number of fused-ring (bicyclic) bond motifs is 1. The first-order valence-corrected chi connectivity index (χ1v) is 9.84. The third kappa shape index (κ3) is 3.66. The Balaban J connectivity index is 1.92. The highest BCUT2D eigenvalue weighted by molar-refractivity contribution is 6.33. The Morgan fingerprint density at radius 2 is 1.59 bits per heavy atom. The molecule has 0 saturated heterocycles. The Kier molecular flexibility index (Phi) is 5.16. The first-order valence-electron chi connectivity index (χ1n) is 9.46. The van der Waals surface area contributed by atoms with E-state index in [9.17, 15) is 4.79 Å². The van der Waals surface area contributed by atoms with Gasteiger partial charge in [-0.1, -0.05) is 48.0 Å². The van der Waals surface area contributed by atoms with E-state index in [0.717, 1.165) is 22.3 Å². The molecule has 0 atom stereocenters. The van der Waals surface area contributed by atoms with Crippen LogP contribution in [0.5, 0.6) is 5.75 Å². The molecule has 0 aliphatic carbocycles.